The number of hydrogen-bond acceptors (Lipinski definition) is 3. The predicted molar refractivity (Wildman–Crippen MR) is 81.8 cm³/mol. The number of benzene rings is 1. The van der Waals surface area contributed by atoms with Gasteiger partial charge < -0.3 is 15.3 Å². The van der Waals surface area contributed by atoms with Crippen LogP contribution in [0, 0.1) is 6.92 Å². The van der Waals surface area contributed by atoms with Gasteiger partial charge in [0.1, 0.15) is 0 Å². The van der Waals surface area contributed by atoms with Crippen LogP contribution in [0.4, 0.5) is 0 Å². The maximum Gasteiger partial charge on any atom is 0.0914 e. The van der Waals surface area contributed by atoms with Gasteiger partial charge in [-0.3, -0.25) is 0 Å². The summed E-state index contributed by atoms with van der Waals surface area (Å²) in [6.45, 7) is 5.26. The molecule has 0 bridgehead atoms. The highest BCUT2D eigenvalue weighted by atomic mass is 16.3. The van der Waals surface area contributed by atoms with Gasteiger partial charge in [-0.1, -0.05) is 29.8 Å². The van der Waals surface area contributed by atoms with E-state index < -0.39 is 6.10 Å². The summed E-state index contributed by atoms with van der Waals surface area (Å²) >= 11 is 0. The number of aryl methyl sites for hydroxylation is 1. The number of aliphatic hydroxyl groups excluding tert-OH is 1. The molecule has 0 aliphatic carbocycles. The molecule has 2 fully saturated rings. The van der Waals surface area contributed by atoms with Crippen molar-refractivity contribution in [2.24, 2.45) is 0 Å². The van der Waals surface area contributed by atoms with Crippen molar-refractivity contribution in [2.45, 2.75) is 50.8 Å². The summed E-state index contributed by atoms with van der Waals surface area (Å²) in [6.07, 6.45) is 4.80. The average Bonchev–Trinajstić information content (AvgIpc) is 2.93. The molecule has 0 amide bonds. The van der Waals surface area contributed by atoms with Crippen LogP contribution in [-0.2, 0) is 0 Å². The normalized spacial score (nSPS) is 28.3. The molecule has 2 heterocycles. The van der Waals surface area contributed by atoms with Crippen molar-refractivity contribution < 1.29 is 5.11 Å². The summed E-state index contributed by atoms with van der Waals surface area (Å²) in [7, 11) is 0. The Labute approximate surface area is 122 Å². The maximum absolute atomic E-state index is 10.3. The largest absolute Gasteiger partial charge is 0.387 e. The molecule has 1 aromatic rings. The maximum atomic E-state index is 10.3. The topological polar surface area (TPSA) is 35.5 Å². The van der Waals surface area contributed by atoms with Crippen molar-refractivity contribution in [1.82, 2.24) is 10.2 Å². The van der Waals surface area contributed by atoms with E-state index in [4.69, 9.17) is 0 Å². The Morgan fingerprint density at radius 2 is 2.05 bits per heavy atom. The van der Waals surface area contributed by atoms with E-state index in [1.165, 1.54) is 44.3 Å². The molecule has 0 aromatic heterocycles. The monoisotopic (exact) mass is 274 g/mol. The lowest BCUT2D eigenvalue weighted by molar-refractivity contribution is 0.138. The summed E-state index contributed by atoms with van der Waals surface area (Å²) in [5.41, 5.74) is 2.25. The first-order chi connectivity index (χ1) is 9.72. The first-order valence-electron chi connectivity index (χ1n) is 7.94. The molecule has 0 saturated carbocycles. The first-order valence-corrected chi connectivity index (χ1v) is 7.94. The third-order valence-electron chi connectivity index (χ3n) is 4.88. The van der Waals surface area contributed by atoms with E-state index in [2.05, 4.69) is 29.3 Å². The van der Waals surface area contributed by atoms with Crippen LogP contribution in [0.2, 0.25) is 0 Å². The van der Waals surface area contributed by atoms with Gasteiger partial charge in [-0.2, -0.15) is 0 Å². The third-order valence-corrected chi connectivity index (χ3v) is 4.88. The second-order valence-corrected chi connectivity index (χ2v) is 6.39. The average molecular weight is 274 g/mol. The highest BCUT2D eigenvalue weighted by Gasteiger charge is 2.31. The molecular formula is C17H26N2O. The van der Waals surface area contributed by atoms with Crippen LogP contribution in [0.15, 0.2) is 24.3 Å². The number of aliphatic hydroxyl groups is 1. The second kappa shape index (κ2) is 6.25. The van der Waals surface area contributed by atoms with Crippen LogP contribution in [0.25, 0.3) is 0 Å². The molecule has 3 rings (SSSR count). The highest BCUT2D eigenvalue weighted by Crippen LogP contribution is 2.27. The van der Waals surface area contributed by atoms with Gasteiger partial charge in [-0.15, -0.1) is 0 Å². The molecule has 3 heteroatoms. The van der Waals surface area contributed by atoms with Crippen LogP contribution in [-0.4, -0.2) is 41.7 Å². The van der Waals surface area contributed by atoms with Crippen molar-refractivity contribution >= 4 is 0 Å². The van der Waals surface area contributed by atoms with Gasteiger partial charge in [-0.05, 0) is 51.3 Å². The molecular weight excluding hydrogens is 248 g/mol. The van der Waals surface area contributed by atoms with Crippen LogP contribution < -0.4 is 5.32 Å². The Hall–Kier alpha value is -0.900. The minimum absolute atomic E-state index is 0.391. The smallest absolute Gasteiger partial charge is 0.0914 e. The molecule has 2 saturated heterocycles. The van der Waals surface area contributed by atoms with Crippen molar-refractivity contribution in [3.8, 4) is 0 Å². The molecule has 3 nitrogen and oxygen atoms in total. The van der Waals surface area contributed by atoms with Crippen molar-refractivity contribution in [3.63, 3.8) is 0 Å². The van der Waals surface area contributed by atoms with E-state index in [1.807, 2.05) is 12.1 Å². The van der Waals surface area contributed by atoms with Gasteiger partial charge in [0.05, 0.1) is 6.10 Å². The van der Waals surface area contributed by atoms with Crippen LogP contribution in [0.3, 0.4) is 0 Å². The van der Waals surface area contributed by atoms with E-state index in [0.717, 1.165) is 11.6 Å². The molecule has 0 spiro atoms. The standard InChI is InChI=1S/C17H26N2O/c1-13-4-6-14(7-5-13)17(20)12-18-15-8-10-19-9-2-3-16(19)11-15/h4-7,15-18,20H,2-3,8-12H2,1H3. The summed E-state index contributed by atoms with van der Waals surface area (Å²) in [4.78, 5) is 2.63. The van der Waals surface area contributed by atoms with Gasteiger partial charge in [0.15, 0.2) is 0 Å². The SMILES string of the molecule is Cc1ccc(C(O)CNC2CCN3CCCC3C2)cc1. The zero-order valence-electron chi connectivity index (χ0n) is 12.4. The molecule has 1 aromatic carbocycles. The summed E-state index contributed by atoms with van der Waals surface area (Å²) in [6, 6.07) is 9.56. The van der Waals surface area contributed by atoms with Gasteiger partial charge in [0, 0.05) is 18.6 Å². The molecule has 3 unspecified atom stereocenters. The second-order valence-electron chi connectivity index (χ2n) is 6.39. The zero-order valence-corrected chi connectivity index (χ0v) is 12.4. The van der Waals surface area contributed by atoms with Gasteiger partial charge >= 0.3 is 0 Å². The van der Waals surface area contributed by atoms with Gasteiger partial charge in [0.2, 0.25) is 0 Å². The van der Waals surface area contributed by atoms with E-state index in [0.29, 0.717) is 12.6 Å². The van der Waals surface area contributed by atoms with Crippen molar-refractivity contribution in [2.75, 3.05) is 19.6 Å². The molecule has 2 aliphatic rings. The quantitative estimate of drug-likeness (QED) is 0.884. The zero-order chi connectivity index (χ0) is 13.9. The first kappa shape index (κ1) is 14.1. The number of nitrogens with one attached hydrogen (secondary N) is 1. The molecule has 2 N–H and O–H groups in total. The predicted octanol–water partition coefficient (Wildman–Crippen LogP) is 2.24. The number of nitrogens with zero attached hydrogens (tertiary/aromatic N) is 1. The van der Waals surface area contributed by atoms with Crippen LogP contribution in [0.5, 0.6) is 0 Å². The fourth-order valence-electron chi connectivity index (χ4n) is 3.59. The van der Waals surface area contributed by atoms with Gasteiger partial charge in [0.25, 0.3) is 0 Å². The van der Waals surface area contributed by atoms with Crippen LogP contribution in [0.1, 0.15) is 42.9 Å². The molecule has 0 radical (unpaired) electrons. The Morgan fingerprint density at radius 3 is 2.85 bits per heavy atom. The molecule has 20 heavy (non-hydrogen) atoms. The Morgan fingerprint density at radius 1 is 1.25 bits per heavy atom. The van der Waals surface area contributed by atoms with E-state index in [1.54, 1.807) is 0 Å². The Bertz CT molecular complexity index is 431. The molecule has 3 atom stereocenters. The highest BCUT2D eigenvalue weighted by molar-refractivity contribution is 5.23. The minimum Gasteiger partial charge on any atom is -0.387 e. The third kappa shape index (κ3) is 3.22. The lowest BCUT2D eigenvalue weighted by Crippen LogP contribution is -2.46. The Balaban J connectivity index is 1.48. The fourth-order valence-corrected chi connectivity index (χ4v) is 3.59. The van der Waals surface area contributed by atoms with Crippen LogP contribution >= 0.6 is 0 Å². The Kier molecular flexibility index (Phi) is 4.39. The van der Waals surface area contributed by atoms with Gasteiger partial charge in [-0.25, -0.2) is 0 Å². The van der Waals surface area contributed by atoms with E-state index in [9.17, 15) is 5.11 Å². The molecule has 2 aliphatic heterocycles. The van der Waals surface area contributed by atoms with Crippen molar-refractivity contribution in [3.05, 3.63) is 35.4 Å². The molecule has 110 valence electrons. The summed E-state index contributed by atoms with van der Waals surface area (Å²) in [5, 5.41) is 13.8. The summed E-state index contributed by atoms with van der Waals surface area (Å²) in [5.74, 6) is 0. The van der Waals surface area contributed by atoms with E-state index in [-0.39, 0.29) is 0 Å². The number of rotatable bonds is 4. The number of hydrogen-bond donors (Lipinski definition) is 2. The number of piperidine rings is 1. The lowest BCUT2D eigenvalue weighted by Gasteiger charge is -2.35. The minimum atomic E-state index is -0.391. The van der Waals surface area contributed by atoms with Crippen molar-refractivity contribution in [1.29, 1.82) is 0 Å². The summed E-state index contributed by atoms with van der Waals surface area (Å²) < 4.78 is 0. The van der Waals surface area contributed by atoms with E-state index >= 15 is 0 Å². The fraction of sp³-hybridized carbons (Fsp3) is 0.647. The lowest BCUT2D eigenvalue weighted by atomic mass is 9.97. The number of fused-ring (bicyclic) bond motifs is 1.